The van der Waals surface area contributed by atoms with E-state index >= 15 is 0 Å². The minimum atomic E-state index is -0.210. The van der Waals surface area contributed by atoms with Crippen LogP contribution in [0.5, 0.6) is 11.5 Å². The van der Waals surface area contributed by atoms with E-state index in [-0.39, 0.29) is 5.91 Å². The Kier molecular flexibility index (Phi) is 3.82. The number of carbonyl (C=O) groups is 1. The first-order valence-corrected chi connectivity index (χ1v) is 6.60. The molecular formula is C16H14N2O3. The Morgan fingerprint density at radius 3 is 2.86 bits per heavy atom. The van der Waals surface area contributed by atoms with Gasteiger partial charge in [-0.15, -0.1) is 0 Å². The molecule has 0 spiro atoms. The highest BCUT2D eigenvalue weighted by Crippen LogP contribution is 2.31. The number of ether oxygens (including phenoxy) is 2. The molecule has 1 aromatic carbocycles. The Bertz CT molecular complexity index is 668. The molecule has 21 heavy (non-hydrogen) atoms. The number of anilines is 1. The fourth-order valence-electron chi connectivity index (χ4n) is 1.96. The highest BCUT2D eigenvalue weighted by Gasteiger charge is 2.10. The van der Waals surface area contributed by atoms with Crippen LogP contribution in [0, 0.1) is 0 Å². The van der Waals surface area contributed by atoms with E-state index in [2.05, 4.69) is 10.3 Å². The third-order valence-corrected chi connectivity index (χ3v) is 2.92. The summed E-state index contributed by atoms with van der Waals surface area (Å²) in [6.45, 7) is 1.11. The van der Waals surface area contributed by atoms with Crippen molar-refractivity contribution in [2.75, 3.05) is 18.5 Å². The third kappa shape index (κ3) is 3.39. The lowest BCUT2D eigenvalue weighted by Gasteiger charge is -2.18. The van der Waals surface area contributed by atoms with Crippen LogP contribution in [0.2, 0.25) is 0 Å². The molecule has 5 nitrogen and oxygen atoms in total. The minimum absolute atomic E-state index is 0.210. The smallest absolute Gasteiger partial charge is 0.248 e. The van der Waals surface area contributed by atoms with Crippen LogP contribution in [0.15, 0.2) is 48.8 Å². The number of rotatable bonds is 3. The number of hydrogen-bond acceptors (Lipinski definition) is 4. The average Bonchev–Trinajstić information content (AvgIpc) is 2.54. The number of aromatic nitrogens is 1. The number of nitrogens with one attached hydrogen (secondary N) is 1. The quantitative estimate of drug-likeness (QED) is 0.879. The van der Waals surface area contributed by atoms with E-state index in [0.29, 0.717) is 24.7 Å². The fourth-order valence-corrected chi connectivity index (χ4v) is 1.96. The predicted octanol–water partition coefficient (Wildman–Crippen LogP) is 2.50. The van der Waals surface area contributed by atoms with Gasteiger partial charge < -0.3 is 14.8 Å². The average molecular weight is 282 g/mol. The Morgan fingerprint density at radius 2 is 2.05 bits per heavy atom. The van der Waals surface area contributed by atoms with Crippen LogP contribution in [0.1, 0.15) is 5.56 Å². The molecule has 2 aromatic rings. The number of hydrogen-bond donors (Lipinski definition) is 1. The zero-order valence-electron chi connectivity index (χ0n) is 11.3. The van der Waals surface area contributed by atoms with Gasteiger partial charge in [-0.3, -0.25) is 9.78 Å². The molecule has 0 saturated heterocycles. The van der Waals surface area contributed by atoms with Gasteiger partial charge in [0.05, 0.1) is 11.9 Å². The fraction of sp³-hybridized carbons (Fsp3) is 0.125. The van der Waals surface area contributed by atoms with Crippen LogP contribution in [0.25, 0.3) is 6.08 Å². The molecule has 0 fully saturated rings. The molecule has 0 bridgehead atoms. The van der Waals surface area contributed by atoms with Crippen LogP contribution < -0.4 is 14.8 Å². The van der Waals surface area contributed by atoms with E-state index < -0.39 is 0 Å². The van der Waals surface area contributed by atoms with Gasteiger partial charge in [0, 0.05) is 12.3 Å². The molecule has 0 unspecified atom stereocenters. The first-order valence-electron chi connectivity index (χ1n) is 6.60. The van der Waals surface area contributed by atoms with Gasteiger partial charge >= 0.3 is 0 Å². The summed E-state index contributed by atoms with van der Waals surface area (Å²) in [4.78, 5) is 15.7. The molecule has 1 aliphatic rings. The van der Waals surface area contributed by atoms with Crippen LogP contribution in [0.4, 0.5) is 5.69 Å². The van der Waals surface area contributed by atoms with Crippen LogP contribution in [-0.2, 0) is 4.79 Å². The van der Waals surface area contributed by atoms with Crippen molar-refractivity contribution in [2.24, 2.45) is 0 Å². The second-order valence-corrected chi connectivity index (χ2v) is 4.47. The molecular weight excluding hydrogens is 268 g/mol. The first-order chi connectivity index (χ1) is 10.3. The van der Waals surface area contributed by atoms with E-state index in [1.807, 2.05) is 18.2 Å². The summed E-state index contributed by atoms with van der Waals surface area (Å²) < 4.78 is 10.9. The number of benzene rings is 1. The van der Waals surface area contributed by atoms with Gasteiger partial charge in [-0.25, -0.2) is 0 Å². The van der Waals surface area contributed by atoms with Crippen LogP contribution in [-0.4, -0.2) is 24.1 Å². The van der Waals surface area contributed by atoms with Gasteiger partial charge in [-0.1, -0.05) is 6.07 Å². The van der Waals surface area contributed by atoms with Crippen molar-refractivity contribution in [2.45, 2.75) is 0 Å². The van der Waals surface area contributed by atoms with Gasteiger partial charge in [-0.05, 0) is 35.9 Å². The number of amides is 1. The van der Waals surface area contributed by atoms with Crippen molar-refractivity contribution in [1.29, 1.82) is 0 Å². The van der Waals surface area contributed by atoms with Crippen molar-refractivity contribution in [3.05, 3.63) is 54.4 Å². The largest absolute Gasteiger partial charge is 0.486 e. The Labute approximate surface area is 122 Å². The van der Waals surface area contributed by atoms with Gasteiger partial charge in [-0.2, -0.15) is 0 Å². The van der Waals surface area contributed by atoms with E-state index in [9.17, 15) is 4.79 Å². The number of fused-ring (bicyclic) bond motifs is 1. The first kappa shape index (κ1) is 13.2. The lowest BCUT2D eigenvalue weighted by molar-refractivity contribution is -0.111. The second kappa shape index (κ2) is 6.09. The number of pyridine rings is 1. The molecule has 1 aromatic heterocycles. The molecule has 0 aliphatic carbocycles. The summed E-state index contributed by atoms with van der Waals surface area (Å²) in [6.07, 6.45) is 6.44. The van der Waals surface area contributed by atoms with Crippen molar-refractivity contribution < 1.29 is 14.3 Å². The maximum absolute atomic E-state index is 11.8. The maximum Gasteiger partial charge on any atom is 0.248 e. The lowest BCUT2D eigenvalue weighted by Crippen LogP contribution is -2.15. The van der Waals surface area contributed by atoms with Crippen molar-refractivity contribution >= 4 is 17.7 Å². The van der Waals surface area contributed by atoms with Crippen LogP contribution >= 0.6 is 0 Å². The molecule has 5 heteroatoms. The third-order valence-electron chi connectivity index (χ3n) is 2.92. The molecule has 3 rings (SSSR count). The molecule has 0 saturated carbocycles. The highest BCUT2D eigenvalue weighted by atomic mass is 16.6. The maximum atomic E-state index is 11.8. The van der Waals surface area contributed by atoms with Gasteiger partial charge in [0.15, 0.2) is 11.5 Å². The van der Waals surface area contributed by atoms with E-state index in [0.717, 1.165) is 11.3 Å². The van der Waals surface area contributed by atoms with Crippen molar-refractivity contribution in [3.63, 3.8) is 0 Å². The second-order valence-electron chi connectivity index (χ2n) is 4.47. The van der Waals surface area contributed by atoms with Crippen LogP contribution in [0.3, 0.4) is 0 Å². The summed E-state index contributed by atoms with van der Waals surface area (Å²) in [7, 11) is 0. The van der Waals surface area contributed by atoms with Gasteiger partial charge in [0.25, 0.3) is 0 Å². The van der Waals surface area contributed by atoms with Gasteiger partial charge in [0.2, 0.25) is 5.91 Å². The number of nitrogens with zero attached hydrogens (tertiary/aromatic N) is 1. The summed E-state index contributed by atoms with van der Waals surface area (Å²) >= 11 is 0. The SMILES string of the molecule is O=C(/C=C/c1ccc2c(c1)OCCO2)Nc1cccnc1. The topological polar surface area (TPSA) is 60.5 Å². The van der Waals surface area contributed by atoms with Crippen molar-refractivity contribution in [1.82, 2.24) is 4.98 Å². The molecule has 0 atom stereocenters. The zero-order valence-corrected chi connectivity index (χ0v) is 11.3. The predicted molar refractivity (Wildman–Crippen MR) is 79.3 cm³/mol. The molecule has 1 N–H and O–H groups in total. The minimum Gasteiger partial charge on any atom is -0.486 e. The summed E-state index contributed by atoms with van der Waals surface area (Å²) in [5.74, 6) is 1.23. The zero-order chi connectivity index (χ0) is 14.5. The Hall–Kier alpha value is -2.82. The van der Waals surface area contributed by atoms with Gasteiger partial charge in [0.1, 0.15) is 13.2 Å². The summed E-state index contributed by atoms with van der Waals surface area (Å²) in [5, 5.41) is 2.73. The normalized spacial score (nSPS) is 13.1. The monoisotopic (exact) mass is 282 g/mol. The van der Waals surface area contributed by atoms with Crippen molar-refractivity contribution in [3.8, 4) is 11.5 Å². The van der Waals surface area contributed by atoms with E-state index in [4.69, 9.17) is 9.47 Å². The molecule has 1 amide bonds. The van der Waals surface area contributed by atoms with E-state index in [1.165, 1.54) is 6.08 Å². The Balaban J connectivity index is 1.67. The lowest BCUT2D eigenvalue weighted by atomic mass is 10.2. The molecule has 0 radical (unpaired) electrons. The standard InChI is InChI=1S/C16H14N2O3/c19-16(18-13-2-1-7-17-11-13)6-4-12-3-5-14-15(10-12)21-9-8-20-14/h1-7,10-11H,8-9H2,(H,18,19)/b6-4+. The summed E-state index contributed by atoms with van der Waals surface area (Å²) in [5.41, 5.74) is 1.54. The Morgan fingerprint density at radius 1 is 1.19 bits per heavy atom. The summed E-state index contributed by atoms with van der Waals surface area (Å²) in [6, 6.07) is 9.11. The molecule has 1 aliphatic heterocycles. The van der Waals surface area contributed by atoms with E-state index in [1.54, 1.807) is 30.6 Å². The molecule has 106 valence electrons. The molecule has 2 heterocycles. The highest BCUT2D eigenvalue weighted by molar-refractivity contribution is 6.01. The number of carbonyl (C=O) groups excluding carboxylic acids is 1.